The van der Waals surface area contributed by atoms with Gasteiger partial charge in [0.05, 0.1) is 10.0 Å². The summed E-state index contributed by atoms with van der Waals surface area (Å²) in [5.41, 5.74) is 0. The van der Waals surface area contributed by atoms with Crippen molar-refractivity contribution in [2.24, 2.45) is 0 Å². The van der Waals surface area contributed by atoms with E-state index in [1.54, 1.807) is 6.07 Å². The largest absolute Gasteiger partial charge is 0.369 e. The molecule has 0 aliphatic heterocycles. The Hall–Kier alpha value is -0.670. The van der Waals surface area contributed by atoms with Crippen LogP contribution >= 0.6 is 23.2 Å². The van der Waals surface area contributed by atoms with Crippen LogP contribution in [0.25, 0.3) is 0 Å². The first-order valence-corrected chi connectivity index (χ1v) is 7.67. The Morgan fingerprint density at radius 2 is 1.95 bits per heavy atom. The molecule has 1 aromatic rings. The van der Waals surface area contributed by atoms with Gasteiger partial charge in [-0.25, -0.2) is 4.98 Å². The van der Waals surface area contributed by atoms with E-state index in [1.807, 2.05) is 0 Å². The van der Waals surface area contributed by atoms with Crippen molar-refractivity contribution in [1.29, 1.82) is 0 Å². The fourth-order valence-electron chi connectivity index (χ4n) is 1.92. The quantitative estimate of drug-likeness (QED) is 0.781. The van der Waals surface area contributed by atoms with E-state index < -0.39 is 0 Å². The molecule has 19 heavy (non-hydrogen) atoms. The van der Waals surface area contributed by atoms with Gasteiger partial charge in [-0.15, -0.1) is 0 Å². The number of rotatable bonds is 7. The van der Waals surface area contributed by atoms with Crippen molar-refractivity contribution in [2.75, 3.05) is 23.3 Å². The Morgan fingerprint density at radius 3 is 2.47 bits per heavy atom. The highest BCUT2D eigenvalue weighted by Crippen LogP contribution is 2.32. The summed E-state index contributed by atoms with van der Waals surface area (Å²) in [4.78, 5) is 6.80. The summed E-state index contributed by atoms with van der Waals surface area (Å²) < 4.78 is 0. The maximum Gasteiger partial charge on any atom is 0.150 e. The lowest BCUT2D eigenvalue weighted by molar-refractivity contribution is 0.623. The van der Waals surface area contributed by atoms with Crippen molar-refractivity contribution in [3.63, 3.8) is 0 Å². The van der Waals surface area contributed by atoms with Gasteiger partial charge >= 0.3 is 0 Å². The molecule has 1 atom stereocenters. The van der Waals surface area contributed by atoms with Gasteiger partial charge in [-0.05, 0) is 32.8 Å². The summed E-state index contributed by atoms with van der Waals surface area (Å²) >= 11 is 12.5. The lowest BCUT2D eigenvalue weighted by Gasteiger charge is -2.29. The van der Waals surface area contributed by atoms with E-state index in [2.05, 4.69) is 42.9 Å². The van der Waals surface area contributed by atoms with E-state index in [4.69, 9.17) is 23.2 Å². The first-order valence-electron chi connectivity index (χ1n) is 6.91. The summed E-state index contributed by atoms with van der Waals surface area (Å²) in [6.45, 7) is 10.3. The van der Waals surface area contributed by atoms with Crippen LogP contribution in [0, 0.1) is 0 Å². The number of nitrogens with one attached hydrogen (secondary N) is 1. The number of anilines is 2. The maximum atomic E-state index is 6.29. The molecule has 1 heterocycles. The van der Waals surface area contributed by atoms with E-state index in [0.717, 1.165) is 31.7 Å². The Kier molecular flexibility index (Phi) is 6.73. The normalized spacial score (nSPS) is 12.3. The zero-order valence-electron chi connectivity index (χ0n) is 12.1. The van der Waals surface area contributed by atoms with Crippen molar-refractivity contribution in [2.45, 2.75) is 46.6 Å². The molecule has 5 heteroatoms. The van der Waals surface area contributed by atoms with Crippen LogP contribution in [-0.4, -0.2) is 24.1 Å². The maximum absolute atomic E-state index is 6.29. The van der Waals surface area contributed by atoms with Crippen LogP contribution in [0.1, 0.15) is 40.5 Å². The molecule has 1 unspecified atom stereocenters. The van der Waals surface area contributed by atoms with Crippen LogP contribution in [0.4, 0.5) is 11.6 Å². The molecule has 0 bridgehead atoms. The molecule has 0 aliphatic rings. The highest BCUT2D eigenvalue weighted by atomic mass is 35.5. The van der Waals surface area contributed by atoms with Crippen LogP contribution < -0.4 is 10.2 Å². The van der Waals surface area contributed by atoms with Gasteiger partial charge in [0.2, 0.25) is 0 Å². The fraction of sp³-hybridized carbons (Fsp3) is 0.643. The fourth-order valence-corrected chi connectivity index (χ4v) is 2.45. The van der Waals surface area contributed by atoms with E-state index in [9.17, 15) is 0 Å². The minimum Gasteiger partial charge on any atom is -0.369 e. The average Bonchev–Trinajstić information content (AvgIpc) is 2.40. The third-order valence-corrected chi connectivity index (χ3v) is 3.76. The smallest absolute Gasteiger partial charge is 0.150 e. The number of aromatic nitrogens is 1. The van der Waals surface area contributed by atoms with Crippen molar-refractivity contribution >= 4 is 34.8 Å². The van der Waals surface area contributed by atoms with Gasteiger partial charge in [0, 0.05) is 19.1 Å². The number of hydrogen-bond donors (Lipinski definition) is 1. The molecule has 0 fully saturated rings. The molecule has 0 saturated carbocycles. The molecule has 0 saturated heterocycles. The molecule has 0 aliphatic carbocycles. The van der Waals surface area contributed by atoms with E-state index in [1.165, 1.54) is 0 Å². The molecule has 1 N–H and O–H groups in total. The molecule has 0 radical (unpaired) electrons. The highest BCUT2D eigenvalue weighted by molar-refractivity contribution is 6.37. The van der Waals surface area contributed by atoms with E-state index >= 15 is 0 Å². The molecule has 0 amide bonds. The zero-order chi connectivity index (χ0) is 14.4. The van der Waals surface area contributed by atoms with E-state index in [0.29, 0.717) is 21.9 Å². The van der Waals surface area contributed by atoms with Gasteiger partial charge in [-0.2, -0.15) is 0 Å². The third-order valence-electron chi connectivity index (χ3n) is 3.19. The minimum atomic E-state index is 0.398. The van der Waals surface area contributed by atoms with Crippen LogP contribution in [0.2, 0.25) is 10.0 Å². The van der Waals surface area contributed by atoms with Crippen LogP contribution in [0.5, 0.6) is 0 Å². The van der Waals surface area contributed by atoms with Gasteiger partial charge in [-0.1, -0.05) is 37.0 Å². The Morgan fingerprint density at radius 1 is 1.26 bits per heavy atom. The first-order chi connectivity index (χ1) is 9.04. The number of pyridine rings is 1. The first kappa shape index (κ1) is 16.4. The number of halogens is 2. The lowest BCUT2D eigenvalue weighted by Crippen LogP contribution is -2.33. The van der Waals surface area contributed by atoms with Gasteiger partial charge < -0.3 is 10.2 Å². The molecule has 1 aromatic heterocycles. The monoisotopic (exact) mass is 303 g/mol. The second-order valence-corrected chi connectivity index (χ2v) is 5.41. The van der Waals surface area contributed by atoms with Crippen molar-refractivity contribution in [3.05, 3.63) is 16.1 Å². The molecule has 0 aromatic carbocycles. The minimum absolute atomic E-state index is 0.398. The predicted octanol–water partition coefficient (Wildman–Crippen LogP) is 4.84. The predicted molar refractivity (Wildman–Crippen MR) is 85.8 cm³/mol. The molecule has 0 spiro atoms. The van der Waals surface area contributed by atoms with Crippen LogP contribution in [-0.2, 0) is 0 Å². The number of hydrogen-bond acceptors (Lipinski definition) is 3. The van der Waals surface area contributed by atoms with Gasteiger partial charge in [0.15, 0.2) is 0 Å². The summed E-state index contributed by atoms with van der Waals surface area (Å²) in [7, 11) is 0. The second kappa shape index (κ2) is 7.81. The summed E-state index contributed by atoms with van der Waals surface area (Å²) in [5.74, 6) is 1.52. The lowest BCUT2D eigenvalue weighted by atomic mass is 10.2. The van der Waals surface area contributed by atoms with E-state index in [-0.39, 0.29) is 0 Å². The van der Waals surface area contributed by atoms with Crippen LogP contribution in [0.3, 0.4) is 0 Å². The summed E-state index contributed by atoms with van der Waals surface area (Å²) in [6.07, 6.45) is 2.07. The van der Waals surface area contributed by atoms with Gasteiger partial charge in [0.25, 0.3) is 0 Å². The molecule has 1 rings (SSSR count). The van der Waals surface area contributed by atoms with Crippen molar-refractivity contribution < 1.29 is 0 Å². The van der Waals surface area contributed by atoms with Gasteiger partial charge in [-0.3, -0.25) is 0 Å². The third kappa shape index (κ3) is 4.15. The molecule has 3 nitrogen and oxygen atoms in total. The summed E-state index contributed by atoms with van der Waals surface area (Å²) in [5, 5.41) is 4.42. The average molecular weight is 304 g/mol. The zero-order valence-corrected chi connectivity index (χ0v) is 13.6. The molecule has 108 valence electrons. The summed E-state index contributed by atoms with van der Waals surface area (Å²) in [6, 6.07) is 2.17. The highest BCUT2D eigenvalue weighted by Gasteiger charge is 2.18. The Bertz CT molecular complexity index is 410. The topological polar surface area (TPSA) is 28.2 Å². The Balaban J connectivity index is 3.11. The Labute approximate surface area is 126 Å². The van der Waals surface area contributed by atoms with Crippen LogP contribution in [0.15, 0.2) is 6.07 Å². The molecular weight excluding hydrogens is 281 g/mol. The van der Waals surface area contributed by atoms with Crippen molar-refractivity contribution in [1.82, 2.24) is 4.98 Å². The van der Waals surface area contributed by atoms with Crippen molar-refractivity contribution in [3.8, 4) is 0 Å². The second-order valence-electron chi connectivity index (χ2n) is 4.59. The number of nitrogens with zero attached hydrogens (tertiary/aromatic N) is 2. The standard InChI is InChI=1S/C14H23Cl2N3/c1-5-8-17-13-11(15)9-12(16)14(18-13)19(7-3)10(4)6-2/h9-10H,5-8H2,1-4H3,(H,17,18). The molecular formula is C14H23Cl2N3. The SMILES string of the molecule is CCCNc1nc(N(CC)C(C)CC)c(Cl)cc1Cl. The van der Waals surface area contributed by atoms with Gasteiger partial charge in [0.1, 0.15) is 11.6 Å².